The summed E-state index contributed by atoms with van der Waals surface area (Å²) in [5, 5.41) is 5.30. The second kappa shape index (κ2) is 12.6. The van der Waals surface area contributed by atoms with Crippen LogP contribution in [0.1, 0.15) is 60.3 Å². The molecule has 0 saturated carbocycles. The van der Waals surface area contributed by atoms with Crippen LogP contribution in [-0.2, 0) is 19.1 Å². The zero-order chi connectivity index (χ0) is 24.4. The summed E-state index contributed by atoms with van der Waals surface area (Å²) < 4.78 is 7.17. The molecule has 2 aromatic rings. The number of anilines is 1. The largest absolute Gasteiger partial charge is 0.460 e. The molecule has 0 fully saturated rings. The number of carbonyl (C=O) groups excluding carboxylic acids is 3. The second-order valence-electron chi connectivity index (χ2n) is 8.40. The van der Waals surface area contributed by atoms with Gasteiger partial charge in [0.1, 0.15) is 11.6 Å². The average molecular weight is 490 g/mol. The predicted molar refractivity (Wildman–Crippen MR) is 134 cm³/mol. The van der Waals surface area contributed by atoms with E-state index in [2.05, 4.69) is 34.4 Å². The first kappa shape index (κ1) is 26.7. The maximum atomic E-state index is 12.8. The van der Waals surface area contributed by atoms with E-state index in [-0.39, 0.29) is 6.42 Å². The highest BCUT2D eigenvalue weighted by Crippen LogP contribution is 2.31. The minimum absolute atomic E-state index is 0.257. The number of amides is 2. The minimum Gasteiger partial charge on any atom is -0.460 e. The Morgan fingerprint density at radius 3 is 2.61 bits per heavy atom. The Labute approximate surface area is 203 Å². The summed E-state index contributed by atoms with van der Waals surface area (Å²) in [6, 6.07) is 4.40. The normalized spacial score (nSPS) is 11.9. The summed E-state index contributed by atoms with van der Waals surface area (Å²) in [6.45, 7) is 8.65. The van der Waals surface area contributed by atoms with E-state index in [4.69, 9.17) is 4.74 Å². The molecule has 1 heterocycles. The number of thiazole rings is 1. The van der Waals surface area contributed by atoms with Crippen molar-refractivity contribution in [2.24, 2.45) is 0 Å². The van der Waals surface area contributed by atoms with Crippen LogP contribution in [0.4, 0.5) is 5.69 Å². The van der Waals surface area contributed by atoms with E-state index in [0.29, 0.717) is 5.69 Å². The number of hydrogen-bond acceptors (Lipinski definition) is 7. The molecule has 2 rings (SSSR count). The number of benzene rings is 1. The van der Waals surface area contributed by atoms with Crippen LogP contribution >= 0.6 is 23.1 Å². The molecule has 9 heteroatoms. The van der Waals surface area contributed by atoms with Gasteiger partial charge in [0.2, 0.25) is 11.8 Å². The lowest BCUT2D eigenvalue weighted by molar-refractivity contribution is -0.156. The van der Waals surface area contributed by atoms with Crippen molar-refractivity contribution in [3.05, 3.63) is 18.2 Å². The number of ether oxygens (including phenoxy) is 1. The molecule has 0 aliphatic rings. The number of nitrogens with one attached hydrogen (secondary N) is 2. The quantitative estimate of drug-likeness (QED) is 0.228. The summed E-state index contributed by atoms with van der Waals surface area (Å²) in [5.41, 5.74) is 0.742. The predicted octanol–water partition coefficient (Wildman–Crippen LogP) is 4.76. The molecule has 1 aromatic heterocycles. The molecule has 1 unspecified atom stereocenters. The van der Waals surface area contributed by atoms with Gasteiger partial charge in [-0.3, -0.25) is 14.4 Å². The van der Waals surface area contributed by atoms with Crippen molar-refractivity contribution in [2.45, 2.75) is 76.3 Å². The lowest BCUT2D eigenvalue weighted by Gasteiger charge is -2.22. The van der Waals surface area contributed by atoms with Gasteiger partial charge in [0, 0.05) is 31.2 Å². The molecule has 1 atom stereocenters. The molecule has 0 radical (unpaired) electrons. The Kier molecular flexibility index (Phi) is 10.2. The molecule has 1 aromatic carbocycles. The van der Waals surface area contributed by atoms with Crippen molar-refractivity contribution >= 4 is 56.8 Å². The highest BCUT2D eigenvalue weighted by Gasteiger charge is 2.26. The molecule has 0 bridgehead atoms. The molecule has 7 nitrogen and oxygen atoms in total. The number of rotatable bonds is 9. The fraction of sp³-hybridized carbons (Fsp3) is 0.500. The summed E-state index contributed by atoms with van der Waals surface area (Å²) in [7, 11) is 0. The topological polar surface area (TPSA) is 97.4 Å². The average Bonchev–Trinajstić information content (AvgIpc) is 3.10. The summed E-state index contributed by atoms with van der Waals surface area (Å²) >= 11 is 3.22. The van der Waals surface area contributed by atoms with E-state index in [1.807, 2.05) is 12.1 Å². The van der Waals surface area contributed by atoms with Gasteiger partial charge in [-0.25, -0.2) is 4.98 Å². The van der Waals surface area contributed by atoms with Gasteiger partial charge < -0.3 is 15.4 Å². The minimum atomic E-state index is -1.03. The van der Waals surface area contributed by atoms with Crippen LogP contribution in [0.3, 0.4) is 0 Å². The van der Waals surface area contributed by atoms with Crippen molar-refractivity contribution in [3.63, 3.8) is 0 Å². The Morgan fingerprint density at radius 2 is 1.94 bits per heavy atom. The van der Waals surface area contributed by atoms with Crippen LogP contribution in [0, 0.1) is 11.8 Å². The fourth-order valence-electron chi connectivity index (χ4n) is 2.77. The van der Waals surface area contributed by atoms with Crippen molar-refractivity contribution in [1.82, 2.24) is 10.3 Å². The van der Waals surface area contributed by atoms with Gasteiger partial charge in [0.05, 0.1) is 16.6 Å². The van der Waals surface area contributed by atoms with Gasteiger partial charge in [-0.05, 0) is 45.4 Å². The van der Waals surface area contributed by atoms with Crippen LogP contribution in [0.5, 0.6) is 0 Å². The SMILES string of the molecule is CCCC#CCCSc1nc2ccc(NC(=O)C(CC(=O)OC(C)(C)C)NC(C)=O)cc2s1. The third-order valence-electron chi connectivity index (χ3n) is 4.07. The highest BCUT2D eigenvalue weighted by molar-refractivity contribution is 8.01. The van der Waals surface area contributed by atoms with Crippen LogP contribution in [0.2, 0.25) is 0 Å². The molecule has 0 saturated heterocycles. The van der Waals surface area contributed by atoms with Gasteiger partial charge in [-0.2, -0.15) is 0 Å². The third kappa shape index (κ3) is 9.84. The first-order valence-electron chi connectivity index (χ1n) is 10.9. The van der Waals surface area contributed by atoms with E-state index in [9.17, 15) is 14.4 Å². The van der Waals surface area contributed by atoms with Gasteiger partial charge in [0.25, 0.3) is 0 Å². The van der Waals surface area contributed by atoms with Crippen molar-refractivity contribution in [3.8, 4) is 11.8 Å². The Bertz CT molecular complexity index is 1050. The number of hydrogen-bond donors (Lipinski definition) is 2. The number of unbranched alkanes of at least 4 members (excludes halogenated alkanes) is 1. The Morgan fingerprint density at radius 1 is 1.21 bits per heavy atom. The van der Waals surface area contributed by atoms with Gasteiger partial charge in [-0.15, -0.1) is 23.2 Å². The maximum Gasteiger partial charge on any atom is 0.308 e. The van der Waals surface area contributed by atoms with Crippen LogP contribution in [0.15, 0.2) is 22.5 Å². The third-order valence-corrected chi connectivity index (χ3v) is 6.24. The molecule has 0 spiro atoms. The Hall–Kier alpha value is -2.57. The maximum absolute atomic E-state index is 12.8. The smallest absolute Gasteiger partial charge is 0.308 e. The first-order valence-corrected chi connectivity index (χ1v) is 12.7. The van der Waals surface area contributed by atoms with Gasteiger partial charge in [-0.1, -0.05) is 18.7 Å². The monoisotopic (exact) mass is 489 g/mol. The summed E-state index contributed by atoms with van der Waals surface area (Å²) in [5.74, 6) is 5.74. The van der Waals surface area contributed by atoms with Crippen molar-refractivity contribution in [2.75, 3.05) is 11.1 Å². The van der Waals surface area contributed by atoms with E-state index in [1.165, 1.54) is 6.92 Å². The van der Waals surface area contributed by atoms with E-state index in [1.54, 1.807) is 49.9 Å². The molecule has 33 heavy (non-hydrogen) atoms. The number of thioether (sulfide) groups is 1. The molecule has 178 valence electrons. The molecular weight excluding hydrogens is 458 g/mol. The lowest BCUT2D eigenvalue weighted by atomic mass is 10.1. The lowest BCUT2D eigenvalue weighted by Crippen LogP contribution is -2.45. The number of fused-ring (bicyclic) bond motifs is 1. The summed E-state index contributed by atoms with van der Waals surface area (Å²) in [6.07, 6.45) is 2.57. The van der Waals surface area contributed by atoms with E-state index in [0.717, 1.165) is 39.6 Å². The zero-order valence-electron chi connectivity index (χ0n) is 19.7. The number of esters is 1. The van der Waals surface area contributed by atoms with Crippen LogP contribution < -0.4 is 10.6 Å². The molecular formula is C24H31N3O4S2. The van der Waals surface area contributed by atoms with Crippen molar-refractivity contribution in [1.29, 1.82) is 0 Å². The zero-order valence-corrected chi connectivity index (χ0v) is 21.4. The van der Waals surface area contributed by atoms with Crippen molar-refractivity contribution < 1.29 is 19.1 Å². The number of carbonyl (C=O) groups is 3. The molecule has 2 amide bonds. The van der Waals surface area contributed by atoms with Gasteiger partial charge >= 0.3 is 5.97 Å². The summed E-state index contributed by atoms with van der Waals surface area (Å²) in [4.78, 5) is 41.1. The van der Waals surface area contributed by atoms with E-state index >= 15 is 0 Å². The highest BCUT2D eigenvalue weighted by atomic mass is 32.2. The number of nitrogens with zero attached hydrogens (tertiary/aromatic N) is 1. The molecule has 0 aliphatic carbocycles. The van der Waals surface area contributed by atoms with Gasteiger partial charge in [0.15, 0.2) is 4.34 Å². The fourth-order valence-corrected chi connectivity index (χ4v) is 4.80. The molecule has 0 aliphatic heterocycles. The van der Waals surface area contributed by atoms with E-state index < -0.39 is 29.4 Å². The Balaban J connectivity index is 2.02. The first-order chi connectivity index (χ1) is 15.6. The molecule has 2 N–H and O–H groups in total. The standard InChI is InChI=1S/C24H31N3O4S2/c1-6-7-8-9-10-13-32-23-27-18-12-11-17(14-20(18)33-23)26-22(30)19(25-16(2)28)15-21(29)31-24(3,4)5/h11-12,14,19H,6-7,10,13,15H2,1-5H3,(H,25,28)(H,26,30). The number of aromatic nitrogens is 1. The van der Waals surface area contributed by atoms with Crippen LogP contribution in [0.25, 0.3) is 10.2 Å². The second-order valence-corrected chi connectivity index (χ2v) is 10.8. The van der Waals surface area contributed by atoms with Crippen LogP contribution in [-0.4, -0.2) is 40.2 Å².